The number of hydrogen-bond acceptors (Lipinski definition) is 5. The molecule has 182 valence electrons. The third kappa shape index (κ3) is 5.13. The number of para-hydroxylation sites is 1. The maximum absolute atomic E-state index is 13.5. The second kappa shape index (κ2) is 10.6. The van der Waals surface area contributed by atoms with Crippen molar-refractivity contribution in [2.75, 3.05) is 37.5 Å². The van der Waals surface area contributed by atoms with Crippen molar-refractivity contribution in [2.24, 2.45) is 0 Å². The fraction of sp³-hybridized carbons (Fsp3) is 0.259. The molecule has 0 bridgehead atoms. The standard InChI is InChI=1S/C27H30N4O4/c1-30(19-20-10-4-3-5-11-20)17-9-16-28-25(32)27(34)23-14-6-7-15-24(23)29-26(33)31(27)21-12-8-13-22(18-21)35-2/h3-8,10-15,18,34H,9,16-17,19H2,1-2H3,(H,28,32)(H,29,33). The van der Waals surface area contributed by atoms with Crippen LogP contribution in [-0.4, -0.2) is 49.2 Å². The zero-order valence-electron chi connectivity index (χ0n) is 19.9. The van der Waals surface area contributed by atoms with Gasteiger partial charge in [-0.05, 0) is 43.8 Å². The number of nitrogens with one attached hydrogen (secondary N) is 2. The highest BCUT2D eigenvalue weighted by atomic mass is 16.5. The molecule has 3 aromatic rings. The van der Waals surface area contributed by atoms with Crippen LogP contribution in [0.15, 0.2) is 78.9 Å². The van der Waals surface area contributed by atoms with Gasteiger partial charge in [-0.1, -0.05) is 54.6 Å². The maximum Gasteiger partial charge on any atom is 0.329 e. The Morgan fingerprint density at radius 3 is 2.60 bits per heavy atom. The first-order valence-corrected chi connectivity index (χ1v) is 11.5. The molecule has 0 aromatic heterocycles. The third-order valence-electron chi connectivity index (χ3n) is 6.00. The zero-order chi connectivity index (χ0) is 24.8. The highest BCUT2D eigenvalue weighted by Gasteiger charge is 2.51. The van der Waals surface area contributed by atoms with Crippen LogP contribution in [-0.2, 0) is 17.1 Å². The van der Waals surface area contributed by atoms with Crippen LogP contribution in [0.5, 0.6) is 5.75 Å². The molecule has 1 unspecified atom stereocenters. The smallest absolute Gasteiger partial charge is 0.329 e. The van der Waals surface area contributed by atoms with Crippen LogP contribution in [0, 0.1) is 0 Å². The Morgan fingerprint density at radius 2 is 1.83 bits per heavy atom. The van der Waals surface area contributed by atoms with Gasteiger partial charge < -0.3 is 25.4 Å². The molecule has 35 heavy (non-hydrogen) atoms. The van der Waals surface area contributed by atoms with Crippen molar-refractivity contribution in [3.63, 3.8) is 0 Å². The number of methoxy groups -OCH3 is 1. The summed E-state index contributed by atoms with van der Waals surface area (Å²) in [4.78, 5) is 29.8. The van der Waals surface area contributed by atoms with E-state index in [4.69, 9.17) is 4.74 Å². The van der Waals surface area contributed by atoms with Gasteiger partial charge in [-0.25, -0.2) is 4.79 Å². The van der Waals surface area contributed by atoms with Gasteiger partial charge in [0.05, 0.1) is 18.5 Å². The number of carbonyl (C=O) groups excluding carboxylic acids is 2. The summed E-state index contributed by atoms with van der Waals surface area (Å²) in [5, 5.41) is 17.4. The minimum Gasteiger partial charge on any atom is -0.497 e. The van der Waals surface area contributed by atoms with Gasteiger partial charge in [-0.3, -0.25) is 9.69 Å². The van der Waals surface area contributed by atoms with Gasteiger partial charge in [0.2, 0.25) is 0 Å². The molecule has 0 saturated heterocycles. The van der Waals surface area contributed by atoms with E-state index < -0.39 is 17.7 Å². The molecule has 0 spiro atoms. The molecule has 3 aromatic carbocycles. The summed E-state index contributed by atoms with van der Waals surface area (Å²) in [6.07, 6.45) is 0.679. The molecule has 3 N–H and O–H groups in total. The highest BCUT2D eigenvalue weighted by Crippen LogP contribution is 2.40. The summed E-state index contributed by atoms with van der Waals surface area (Å²) >= 11 is 0. The number of anilines is 2. The molecule has 0 fully saturated rings. The number of carbonyl (C=O) groups is 2. The van der Waals surface area contributed by atoms with Crippen LogP contribution in [0.3, 0.4) is 0 Å². The molecule has 8 heteroatoms. The Kier molecular flexibility index (Phi) is 7.33. The van der Waals surface area contributed by atoms with Crippen molar-refractivity contribution in [2.45, 2.75) is 18.7 Å². The van der Waals surface area contributed by atoms with Gasteiger partial charge in [0.1, 0.15) is 5.75 Å². The van der Waals surface area contributed by atoms with Gasteiger partial charge in [0, 0.05) is 24.7 Å². The van der Waals surface area contributed by atoms with Crippen molar-refractivity contribution >= 4 is 23.3 Å². The Labute approximate surface area is 205 Å². The first-order valence-electron chi connectivity index (χ1n) is 11.5. The second-order valence-electron chi connectivity index (χ2n) is 8.52. The Hall–Kier alpha value is -3.88. The van der Waals surface area contributed by atoms with E-state index in [1.54, 1.807) is 48.5 Å². The predicted molar refractivity (Wildman–Crippen MR) is 135 cm³/mol. The number of aliphatic hydroxyl groups is 1. The average Bonchev–Trinajstić information content (AvgIpc) is 2.87. The Bertz CT molecular complexity index is 1190. The number of nitrogens with zero attached hydrogens (tertiary/aromatic N) is 2. The molecule has 1 heterocycles. The maximum atomic E-state index is 13.5. The van der Waals surface area contributed by atoms with Crippen molar-refractivity contribution in [3.05, 3.63) is 90.0 Å². The second-order valence-corrected chi connectivity index (χ2v) is 8.52. The highest BCUT2D eigenvalue weighted by molar-refractivity contribution is 6.11. The topological polar surface area (TPSA) is 94.1 Å². The molecule has 0 radical (unpaired) electrons. The van der Waals surface area contributed by atoms with E-state index in [0.29, 0.717) is 35.7 Å². The van der Waals surface area contributed by atoms with Crippen LogP contribution >= 0.6 is 0 Å². The first-order chi connectivity index (χ1) is 16.9. The number of amides is 3. The van der Waals surface area contributed by atoms with Crippen LogP contribution in [0.25, 0.3) is 0 Å². The lowest BCUT2D eigenvalue weighted by Crippen LogP contribution is -2.62. The molecule has 1 atom stereocenters. The minimum absolute atomic E-state index is 0.293. The van der Waals surface area contributed by atoms with Crippen molar-refractivity contribution in [1.29, 1.82) is 0 Å². The molecule has 3 amide bonds. The lowest BCUT2D eigenvalue weighted by molar-refractivity contribution is -0.140. The lowest BCUT2D eigenvalue weighted by Gasteiger charge is -2.42. The zero-order valence-corrected chi connectivity index (χ0v) is 19.9. The van der Waals surface area contributed by atoms with Gasteiger partial charge in [-0.2, -0.15) is 0 Å². The molecular weight excluding hydrogens is 444 g/mol. The largest absolute Gasteiger partial charge is 0.497 e. The van der Waals surface area contributed by atoms with Crippen molar-refractivity contribution in [1.82, 2.24) is 10.2 Å². The summed E-state index contributed by atoms with van der Waals surface area (Å²) in [6, 6.07) is 23.0. The number of ether oxygens (including phenoxy) is 1. The van der Waals surface area contributed by atoms with Crippen LogP contribution in [0.4, 0.5) is 16.2 Å². The number of rotatable bonds is 9. The number of urea groups is 1. The fourth-order valence-corrected chi connectivity index (χ4v) is 4.26. The average molecular weight is 475 g/mol. The molecule has 4 rings (SSSR count). The van der Waals surface area contributed by atoms with E-state index in [2.05, 4.69) is 27.7 Å². The first kappa shape index (κ1) is 24.3. The predicted octanol–water partition coefficient (Wildman–Crippen LogP) is 3.53. The van der Waals surface area contributed by atoms with E-state index >= 15 is 0 Å². The number of benzene rings is 3. The van der Waals surface area contributed by atoms with E-state index in [-0.39, 0.29) is 0 Å². The van der Waals surface area contributed by atoms with E-state index in [0.717, 1.165) is 18.0 Å². The van der Waals surface area contributed by atoms with Gasteiger partial charge in [-0.15, -0.1) is 0 Å². The Balaban J connectivity index is 1.51. The number of hydrogen-bond donors (Lipinski definition) is 3. The molecule has 0 aliphatic carbocycles. The van der Waals surface area contributed by atoms with E-state index in [9.17, 15) is 14.7 Å². The summed E-state index contributed by atoms with van der Waals surface area (Å²) in [5.74, 6) is -0.174. The van der Waals surface area contributed by atoms with Crippen molar-refractivity contribution in [3.8, 4) is 5.75 Å². The van der Waals surface area contributed by atoms with Crippen molar-refractivity contribution < 1.29 is 19.4 Å². The van der Waals surface area contributed by atoms with Crippen LogP contribution in [0.2, 0.25) is 0 Å². The molecule has 1 aliphatic rings. The summed E-state index contributed by atoms with van der Waals surface area (Å²) in [5.41, 5.74) is -0.0111. The fourth-order valence-electron chi connectivity index (χ4n) is 4.26. The summed E-state index contributed by atoms with van der Waals surface area (Å²) in [6.45, 7) is 1.90. The van der Waals surface area contributed by atoms with Gasteiger partial charge in [0.15, 0.2) is 0 Å². The summed E-state index contributed by atoms with van der Waals surface area (Å²) in [7, 11) is 3.53. The molecule has 8 nitrogen and oxygen atoms in total. The third-order valence-corrected chi connectivity index (χ3v) is 6.00. The quantitative estimate of drug-likeness (QED) is 0.413. The minimum atomic E-state index is -2.23. The SMILES string of the molecule is COc1cccc(N2C(=O)Nc3ccccc3C2(O)C(=O)NCCCN(C)Cc2ccccc2)c1. The van der Waals surface area contributed by atoms with E-state index in [1.165, 1.54) is 12.7 Å². The van der Waals surface area contributed by atoms with Crippen LogP contribution in [0.1, 0.15) is 17.5 Å². The van der Waals surface area contributed by atoms with Crippen LogP contribution < -0.4 is 20.3 Å². The normalized spacial score (nSPS) is 17.0. The Morgan fingerprint density at radius 1 is 1.09 bits per heavy atom. The van der Waals surface area contributed by atoms with Gasteiger partial charge in [0.25, 0.3) is 11.6 Å². The van der Waals surface area contributed by atoms with E-state index in [1.807, 2.05) is 25.2 Å². The lowest BCUT2D eigenvalue weighted by atomic mass is 9.94. The molecular formula is C27H30N4O4. The van der Waals surface area contributed by atoms with Gasteiger partial charge >= 0.3 is 6.03 Å². The summed E-state index contributed by atoms with van der Waals surface area (Å²) < 4.78 is 5.28. The molecule has 1 aliphatic heterocycles. The monoisotopic (exact) mass is 474 g/mol. The number of fused-ring (bicyclic) bond motifs is 1. The molecule has 0 saturated carbocycles.